The predicted octanol–water partition coefficient (Wildman–Crippen LogP) is 3.96. The number of hydrogen-bond donors (Lipinski definition) is 0. The van der Waals surface area contributed by atoms with Crippen molar-refractivity contribution in [3.63, 3.8) is 0 Å². The van der Waals surface area contributed by atoms with Gasteiger partial charge in [-0.15, -0.1) is 11.3 Å². The van der Waals surface area contributed by atoms with Crippen LogP contribution < -0.4 is 0 Å². The molecule has 1 aliphatic rings. The summed E-state index contributed by atoms with van der Waals surface area (Å²) in [5.41, 5.74) is 2.20. The summed E-state index contributed by atoms with van der Waals surface area (Å²) in [4.78, 5) is 0. The number of hydrogen-bond acceptors (Lipinski definition) is 4. The first-order valence-electron chi connectivity index (χ1n) is 6.72. The van der Waals surface area contributed by atoms with E-state index in [1.807, 2.05) is 29.2 Å². The molecule has 1 aromatic carbocycles. The Morgan fingerprint density at radius 1 is 1.29 bits per heavy atom. The highest BCUT2D eigenvalue weighted by molar-refractivity contribution is 7.18. The molecular formula is C15H13ClN2O2S. The largest absolute Gasteiger partial charge is 0.374 e. The molecule has 1 fully saturated rings. The normalized spacial score (nSPS) is 19.2. The van der Waals surface area contributed by atoms with Crippen molar-refractivity contribution in [2.24, 2.45) is 0 Å². The van der Waals surface area contributed by atoms with Crippen LogP contribution in [0.15, 0.2) is 36.0 Å². The Labute approximate surface area is 130 Å². The summed E-state index contributed by atoms with van der Waals surface area (Å²) in [6.45, 7) is 1.79. The molecule has 1 unspecified atom stereocenters. The molecule has 4 nitrogen and oxygen atoms in total. The Bertz CT molecular complexity index is 777. The highest BCUT2D eigenvalue weighted by Crippen LogP contribution is 2.36. The van der Waals surface area contributed by atoms with Crippen molar-refractivity contribution >= 4 is 33.0 Å². The SMILES string of the molecule is Clc1ccc(-c2cnn(C3COCCO3)c2)c2ccsc12. The average Bonchev–Trinajstić information content (AvgIpc) is 3.18. The minimum absolute atomic E-state index is 0.141. The maximum atomic E-state index is 6.24. The van der Waals surface area contributed by atoms with Gasteiger partial charge in [-0.2, -0.15) is 5.10 Å². The molecule has 2 aromatic heterocycles. The van der Waals surface area contributed by atoms with Crippen molar-refractivity contribution in [1.29, 1.82) is 0 Å². The molecule has 0 radical (unpaired) electrons. The summed E-state index contributed by atoms with van der Waals surface area (Å²) in [5, 5.41) is 8.42. The number of halogens is 1. The third kappa shape index (κ3) is 2.36. The fourth-order valence-corrected chi connectivity index (χ4v) is 3.67. The van der Waals surface area contributed by atoms with Crippen LogP contribution >= 0.6 is 22.9 Å². The van der Waals surface area contributed by atoms with Crippen molar-refractivity contribution in [2.75, 3.05) is 19.8 Å². The van der Waals surface area contributed by atoms with Crippen molar-refractivity contribution in [3.05, 3.63) is 41.0 Å². The molecule has 0 N–H and O–H groups in total. The highest BCUT2D eigenvalue weighted by Gasteiger charge is 2.18. The van der Waals surface area contributed by atoms with E-state index in [1.54, 1.807) is 11.3 Å². The van der Waals surface area contributed by atoms with Gasteiger partial charge in [-0.25, -0.2) is 4.68 Å². The molecule has 1 saturated heterocycles. The summed E-state index contributed by atoms with van der Waals surface area (Å²) in [6, 6.07) is 6.07. The van der Waals surface area contributed by atoms with Crippen LogP contribution in [0.4, 0.5) is 0 Å². The quantitative estimate of drug-likeness (QED) is 0.717. The molecule has 3 aromatic rings. The van der Waals surface area contributed by atoms with E-state index in [2.05, 4.69) is 16.5 Å². The van der Waals surface area contributed by atoms with Gasteiger partial charge in [0.25, 0.3) is 0 Å². The lowest BCUT2D eigenvalue weighted by atomic mass is 10.1. The summed E-state index contributed by atoms with van der Waals surface area (Å²) in [6.07, 6.45) is 3.72. The van der Waals surface area contributed by atoms with E-state index in [0.29, 0.717) is 19.8 Å². The third-order valence-corrected chi connectivity index (χ3v) is 4.95. The van der Waals surface area contributed by atoms with Crippen LogP contribution in [0, 0.1) is 0 Å². The van der Waals surface area contributed by atoms with Crippen LogP contribution in [0.2, 0.25) is 5.02 Å². The number of fused-ring (bicyclic) bond motifs is 1. The Balaban J connectivity index is 1.74. The van der Waals surface area contributed by atoms with Crippen molar-refractivity contribution in [2.45, 2.75) is 6.23 Å². The van der Waals surface area contributed by atoms with E-state index in [4.69, 9.17) is 21.1 Å². The van der Waals surface area contributed by atoms with Crippen LogP contribution in [0.25, 0.3) is 21.2 Å². The minimum Gasteiger partial charge on any atom is -0.374 e. The van der Waals surface area contributed by atoms with Crippen molar-refractivity contribution < 1.29 is 9.47 Å². The lowest BCUT2D eigenvalue weighted by Crippen LogP contribution is -2.26. The zero-order valence-electron chi connectivity index (χ0n) is 11.2. The summed E-state index contributed by atoms with van der Waals surface area (Å²) < 4.78 is 14.0. The van der Waals surface area contributed by atoms with Crippen LogP contribution in [0.5, 0.6) is 0 Å². The second-order valence-corrected chi connectivity index (χ2v) is 6.19. The van der Waals surface area contributed by atoms with E-state index in [0.717, 1.165) is 26.2 Å². The molecule has 108 valence electrons. The predicted molar refractivity (Wildman–Crippen MR) is 83.9 cm³/mol. The zero-order chi connectivity index (χ0) is 14.2. The fraction of sp³-hybridized carbons (Fsp3) is 0.267. The lowest BCUT2D eigenvalue weighted by molar-refractivity contribution is -0.127. The van der Waals surface area contributed by atoms with E-state index in [1.165, 1.54) is 0 Å². The Hall–Kier alpha value is -1.40. The first-order chi connectivity index (χ1) is 10.3. The molecule has 21 heavy (non-hydrogen) atoms. The van der Waals surface area contributed by atoms with Crippen LogP contribution in [-0.4, -0.2) is 29.6 Å². The smallest absolute Gasteiger partial charge is 0.173 e. The van der Waals surface area contributed by atoms with Gasteiger partial charge in [0.15, 0.2) is 6.23 Å². The monoisotopic (exact) mass is 320 g/mol. The third-order valence-electron chi connectivity index (χ3n) is 3.57. The number of benzene rings is 1. The molecule has 0 aliphatic carbocycles. The van der Waals surface area contributed by atoms with E-state index in [-0.39, 0.29) is 6.23 Å². The highest BCUT2D eigenvalue weighted by atomic mass is 35.5. The van der Waals surface area contributed by atoms with Gasteiger partial charge in [-0.05, 0) is 23.1 Å². The molecule has 1 aliphatic heterocycles. The second kappa shape index (κ2) is 5.42. The second-order valence-electron chi connectivity index (χ2n) is 4.87. The number of nitrogens with zero attached hydrogens (tertiary/aromatic N) is 2. The van der Waals surface area contributed by atoms with Crippen LogP contribution in [-0.2, 0) is 9.47 Å². The number of thiophene rings is 1. The Kier molecular flexibility index (Phi) is 3.43. The summed E-state index contributed by atoms with van der Waals surface area (Å²) in [5.74, 6) is 0. The maximum Gasteiger partial charge on any atom is 0.173 e. The molecule has 0 bridgehead atoms. The molecule has 0 spiro atoms. The molecule has 0 amide bonds. The van der Waals surface area contributed by atoms with Gasteiger partial charge >= 0.3 is 0 Å². The first kappa shape index (κ1) is 13.3. The summed E-state index contributed by atoms with van der Waals surface area (Å²) >= 11 is 7.89. The lowest BCUT2D eigenvalue weighted by Gasteiger charge is -2.22. The van der Waals surface area contributed by atoms with Gasteiger partial charge in [0.05, 0.1) is 35.7 Å². The van der Waals surface area contributed by atoms with E-state index >= 15 is 0 Å². The van der Waals surface area contributed by atoms with Crippen molar-refractivity contribution in [3.8, 4) is 11.1 Å². The standard InChI is InChI=1S/C15H13ClN2O2S/c16-13-2-1-11(12-3-6-21-15(12)13)10-7-17-18(8-10)14-9-19-4-5-20-14/h1-3,6-8,14H,4-5,9H2. The van der Waals surface area contributed by atoms with E-state index in [9.17, 15) is 0 Å². The minimum atomic E-state index is -0.141. The number of rotatable bonds is 2. The molecule has 1 atom stereocenters. The summed E-state index contributed by atoms with van der Waals surface area (Å²) in [7, 11) is 0. The van der Waals surface area contributed by atoms with Gasteiger partial charge in [0.1, 0.15) is 0 Å². The van der Waals surface area contributed by atoms with Crippen molar-refractivity contribution in [1.82, 2.24) is 9.78 Å². The molecule has 4 rings (SSSR count). The molecule has 3 heterocycles. The van der Waals surface area contributed by atoms with Gasteiger partial charge in [0.2, 0.25) is 0 Å². The average molecular weight is 321 g/mol. The van der Waals surface area contributed by atoms with Crippen LogP contribution in [0.3, 0.4) is 0 Å². The van der Waals surface area contributed by atoms with E-state index < -0.39 is 0 Å². The molecule has 6 heteroatoms. The fourth-order valence-electron chi connectivity index (χ4n) is 2.54. The Morgan fingerprint density at radius 3 is 3.10 bits per heavy atom. The van der Waals surface area contributed by atoms with Gasteiger partial charge in [-0.1, -0.05) is 17.7 Å². The number of ether oxygens (including phenoxy) is 2. The first-order valence-corrected chi connectivity index (χ1v) is 7.98. The Morgan fingerprint density at radius 2 is 2.24 bits per heavy atom. The number of aromatic nitrogens is 2. The van der Waals surface area contributed by atoms with Gasteiger partial charge < -0.3 is 9.47 Å². The van der Waals surface area contributed by atoms with Gasteiger partial charge in [-0.3, -0.25) is 0 Å². The topological polar surface area (TPSA) is 36.3 Å². The molecular weight excluding hydrogens is 308 g/mol. The maximum absolute atomic E-state index is 6.24. The zero-order valence-corrected chi connectivity index (χ0v) is 12.7. The van der Waals surface area contributed by atoms with Crippen LogP contribution in [0.1, 0.15) is 6.23 Å². The molecule has 0 saturated carbocycles. The van der Waals surface area contributed by atoms with Gasteiger partial charge in [0, 0.05) is 17.1 Å².